The molecule has 2 unspecified atom stereocenters. The lowest BCUT2D eigenvalue weighted by molar-refractivity contribution is -0.00348. The third-order valence-corrected chi connectivity index (χ3v) is 3.11. The summed E-state index contributed by atoms with van der Waals surface area (Å²) < 4.78 is 0. The average molecular weight is 185 g/mol. The zero-order chi connectivity index (χ0) is 9.19. The highest BCUT2D eigenvalue weighted by atomic mass is 32.1. The van der Waals surface area contributed by atoms with Gasteiger partial charge in [-0.25, -0.2) is 4.98 Å². The van der Waals surface area contributed by atoms with E-state index in [-0.39, 0.29) is 5.92 Å². The van der Waals surface area contributed by atoms with E-state index in [4.69, 9.17) is 0 Å². The monoisotopic (exact) mass is 185 g/mol. The third kappa shape index (κ3) is 1.67. The zero-order valence-corrected chi connectivity index (χ0v) is 8.56. The van der Waals surface area contributed by atoms with Gasteiger partial charge >= 0.3 is 0 Å². The number of aromatic nitrogens is 1. The Bertz CT molecular complexity index is 231. The van der Waals surface area contributed by atoms with Crippen molar-refractivity contribution in [1.82, 2.24) is 4.98 Å². The predicted octanol–water partition coefficient (Wildman–Crippen LogP) is 2.40. The SMILES string of the molecule is CCC(C)C(C)(O)c1cscn1. The molecule has 1 heterocycles. The van der Waals surface area contributed by atoms with Crippen LogP contribution in [0.1, 0.15) is 32.9 Å². The van der Waals surface area contributed by atoms with Crippen LogP contribution in [0.25, 0.3) is 0 Å². The van der Waals surface area contributed by atoms with Gasteiger partial charge in [-0.05, 0) is 12.8 Å². The van der Waals surface area contributed by atoms with Crippen LogP contribution < -0.4 is 0 Å². The summed E-state index contributed by atoms with van der Waals surface area (Å²) in [5, 5.41) is 12.0. The van der Waals surface area contributed by atoms with Gasteiger partial charge in [-0.1, -0.05) is 20.3 Å². The van der Waals surface area contributed by atoms with E-state index in [1.165, 1.54) is 11.3 Å². The van der Waals surface area contributed by atoms with Crippen molar-refractivity contribution in [2.24, 2.45) is 5.92 Å². The first kappa shape index (κ1) is 9.68. The standard InChI is InChI=1S/C9H15NOS/c1-4-7(2)9(3,11)8-5-12-6-10-8/h5-7,11H,4H2,1-3H3. The van der Waals surface area contributed by atoms with Crippen LogP contribution in [-0.4, -0.2) is 10.1 Å². The van der Waals surface area contributed by atoms with Gasteiger partial charge < -0.3 is 5.11 Å². The number of nitrogens with zero attached hydrogens (tertiary/aromatic N) is 1. The van der Waals surface area contributed by atoms with Crippen molar-refractivity contribution in [1.29, 1.82) is 0 Å². The lowest BCUT2D eigenvalue weighted by Gasteiger charge is -2.27. The Hall–Kier alpha value is -0.410. The van der Waals surface area contributed by atoms with E-state index < -0.39 is 5.60 Å². The summed E-state index contributed by atoms with van der Waals surface area (Å²) in [5.74, 6) is 0.250. The minimum absolute atomic E-state index is 0.250. The molecule has 0 saturated carbocycles. The molecule has 0 fully saturated rings. The van der Waals surface area contributed by atoms with E-state index in [1.807, 2.05) is 19.2 Å². The molecule has 68 valence electrons. The molecule has 0 aliphatic rings. The number of aliphatic hydroxyl groups is 1. The van der Waals surface area contributed by atoms with Crippen molar-refractivity contribution >= 4 is 11.3 Å². The molecule has 3 heteroatoms. The van der Waals surface area contributed by atoms with E-state index in [1.54, 1.807) is 5.51 Å². The van der Waals surface area contributed by atoms with Gasteiger partial charge in [-0.15, -0.1) is 11.3 Å². The fourth-order valence-electron chi connectivity index (χ4n) is 1.11. The molecule has 0 saturated heterocycles. The zero-order valence-electron chi connectivity index (χ0n) is 7.74. The van der Waals surface area contributed by atoms with Crippen LogP contribution in [0.4, 0.5) is 0 Å². The number of thiazole rings is 1. The fourth-order valence-corrected chi connectivity index (χ4v) is 1.78. The normalized spacial score (nSPS) is 18.7. The number of hydrogen-bond acceptors (Lipinski definition) is 3. The van der Waals surface area contributed by atoms with Gasteiger partial charge in [0.15, 0.2) is 0 Å². The third-order valence-electron chi connectivity index (χ3n) is 2.52. The second kappa shape index (κ2) is 3.54. The Kier molecular flexibility index (Phi) is 2.85. The quantitative estimate of drug-likeness (QED) is 0.784. The van der Waals surface area contributed by atoms with Gasteiger partial charge in [-0.3, -0.25) is 0 Å². The molecule has 0 aliphatic heterocycles. The molecule has 0 amide bonds. The van der Waals surface area contributed by atoms with E-state index in [0.717, 1.165) is 12.1 Å². The molecule has 1 aromatic rings. The van der Waals surface area contributed by atoms with E-state index in [0.29, 0.717) is 0 Å². The summed E-state index contributed by atoms with van der Waals surface area (Å²) in [6.07, 6.45) is 0.963. The molecular weight excluding hydrogens is 170 g/mol. The molecule has 1 aromatic heterocycles. The molecule has 0 aliphatic carbocycles. The molecular formula is C9H15NOS. The first-order chi connectivity index (χ1) is 5.59. The molecule has 0 radical (unpaired) electrons. The first-order valence-corrected chi connectivity index (χ1v) is 5.14. The van der Waals surface area contributed by atoms with Crippen molar-refractivity contribution in [3.63, 3.8) is 0 Å². The highest BCUT2D eigenvalue weighted by molar-refractivity contribution is 7.07. The summed E-state index contributed by atoms with van der Waals surface area (Å²) in [5.41, 5.74) is 1.78. The van der Waals surface area contributed by atoms with Gasteiger partial charge in [0.05, 0.1) is 11.2 Å². The van der Waals surface area contributed by atoms with Gasteiger partial charge in [0.1, 0.15) is 5.60 Å². The Labute approximate surface area is 77.3 Å². The van der Waals surface area contributed by atoms with Crippen molar-refractivity contribution in [2.45, 2.75) is 32.8 Å². The van der Waals surface area contributed by atoms with Gasteiger partial charge in [0.25, 0.3) is 0 Å². The predicted molar refractivity (Wildman–Crippen MR) is 51.1 cm³/mol. The largest absolute Gasteiger partial charge is 0.384 e. The second-order valence-corrected chi connectivity index (χ2v) is 4.05. The Morgan fingerprint density at radius 3 is 2.83 bits per heavy atom. The Morgan fingerprint density at radius 2 is 2.42 bits per heavy atom. The summed E-state index contributed by atoms with van der Waals surface area (Å²) in [4.78, 5) is 4.13. The minimum atomic E-state index is -0.769. The lowest BCUT2D eigenvalue weighted by Crippen LogP contribution is -2.29. The fraction of sp³-hybridized carbons (Fsp3) is 0.667. The average Bonchev–Trinajstić information content (AvgIpc) is 2.55. The minimum Gasteiger partial charge on any atom is -0.384 e. The summed E-state index contributed by atoms with van der Waals surface area (Å²) in [7, 11) is 0. The maximum atomic E-state index is 10.1. The maximum Gasteiger partial charge on any atom is 0.107 e. The first-order valence-electron chi connectivity index (χ1n) is 4.20. The molecule has 1 rings (SSSR count). The molecule has 2 nitrogen and oxygen atoms in total. The number of hydrogen-bond donors (Lipinski definition) is 1. The highest BCUT2D eigenvalue weighted by Gasteiger charge is 2.30. The van der Waals surface area contributed by atoms with Crippen LogP contribution in [0.3, 0.4) is 0 Å². The van der Waals surface area contributed by atoms with Crippen molar-refractivity contribution in [2.75, 3.05) is 0 Å². The Balaban J connectivity index is 2.85. The van der Waals surface area contributed by atoms with Crippen molar-refractivity contribution < 1.29 is 5.11 Å². The van der Waals surface area contributed by atoms with Crippen LogP contribution in [-0.2, 0) is 5.60 Å². The van der Waals surface area contributed by atoms with Crippen LogP contribution in [0.5, 0.6) is 0 Å². The van der Waals surface area contributed by atoms with Gasteiger partial charge in [0, 0.05) is 5.38 Å². The van der Waals surface area contributed by atoms with Crippen LogP contribution in [0, 0.1) is 5.92 Å². The van der Waals surface area contributed by atoms with Crippen LogP contribution in [0.15, 0.2) is 10.9 Å². The molecule has 2 atom stereocenters. The second-order valence-electron chi connectivity index (χ2n) is 3.33. The van der Waals surface area contributed by atoms with Crippen molar-refractivity contribution in [3.05, 3.63) is 16.6 Å². The van der Waals surface area contributed by atoms with E-state index >= 15 is 0 Å². The van der Waals surface area contributed by atoms with Gasteiger partial charge in [-0.2, -0.15) is 0 Å². The van der Waals surface area contributed by atoms with Crippen LogP contribution in [0.2, 0.25) is 0 Å². The molecule has 0 aromatic carbocycles. The summed E-state index contributed by atoms with van der Waals surface area (Å²) >= 11 is 1.52. The van der Waals surface area contributed by atoms with E-state index in [2.05, 4.69) is 11.9 Å². The molecule has 0 spiro atoms. The lowest BCUT2D eigenvalue weighted by atomic mass is 9.86. The summed E-state index contributed by atoms with van der Waals surface area (Å²) in [6, 6.07) is 0. The number of rotatable bonds is 3. The molecule has 1 N–H and O–H groups in total. The molecule has 12 heavy (non-hydrogen) atoms. The smallest absolute Gasteiger partial charge is 0.107 e. The van der Waals surface area contributed by atoms with E-state index in [9.17, 15) is 5.11 Å². The molecule has 0 bridgehead atoms. The maximum absolute atomic E-state index is 10.1. The Morgan fingerprint density at radius 1 is 1.75 bits per heavy atom. The topological polar surface area (TPSA) is 33.1 Å². The van der Waals surface area contributed by atoms with Crippen LogP contribution >= 0.6 is 11.3 Å². The van der Waals surface area contributed by atoms with Crippen molar-refractivity contribution in [3.8, 4) is 0 Å². The van der Waals surface area contributed by atoms with Gasteiger partial charge in [0.2, 0.25) is 0 Å². The summed E-state index contributed by atoms with van der Waals surface area (Å²) in [6.45, 7) is 5.95. The highest BCUT2D eigenvalue weighted by Crippen LogP contribution is 2.30.